The van der Waals surface area contributed by atoms with E-state index < -0.39 is 5.92 Å². The Kier molecular flexibility index (Phi) is 6.54. The van der Waals surface area contributed by atoms with Crippen molar-refractivity contribution in [3.63, 3.8) is 0 Å². The topological polar surface area (TPSA) is 81.7 Å². The zero-order valence-corrected chi connectivity index (χ0v) is 22.8. The molecule has 0 saturated heterocycles. The van der Waals surface area contributed by atoms with E-state index in [9.17, 15) is 14.4 Å². The number of anilines is 1. The van der Waals surface area contributed by atoms with Crippen molar-refractivity contribution < 1.29 is 23.9 Å². The molecule has 0 saturated carbocycles. The van der Waals surface area contributed by atoms with Crippen LogP contribution in [0.4, 0.5) is 5.69 Å². The van der Waals surface area contributed by atoms with Gasteiger partial charge in [-0.05, 0) is 47.6 Å². The lowest BCUT2D eigenvalue weighted by atomic mass is 9.65. The molecule has 38 heavy (non-hydrogen) atoms. The van der Waals surface area contributed by atoms with Crippen molar-refractivity contribution in [2.24, 2.45) is 10.8 Å². The number of rotatable bonds is 5. The monoisotopic (exact) mass is 513 g/mol. The van der Waals surface area contributed by atoms with E-state index in [0.717, 1.165) is 11.1 Å². The fourth-order valence-corrected chi connectivity index (χ4v) is 5.75. The molecule has 0 radical (unpaired) electrons. The van der Waals surface area contributed by atoms with E-state index in [1.165, 1.54) is 0 Å². The Bertz CT molecular complexity index is 1310. The van der Waals surface area contributed by atoms with Gasteiger partial charge in [-0.1, -0.05) is 57.5 Å². The van der Waals surface area contributed by atoms with Crippen molar-refractivity contribution in [1.82, 2.24) is 0 Å². The minimum atomic E-state index is -0.445. The number of allylic oxidation sites excluding steroid dienone is 4. The van der Waals surface area contributed by atoms with Crippen LogP contribution in [0.5, 0.6) is 5.75 Å². The van der Waals surface area contributed by atoms with E-state index in [-0.39, 0.29) is 34.9 Å². The maximum absolute atomic E-state index is 13.4. The van der Waals surface area contributed by atoms with Gasteiger partial charge in [0.2, 0.25) is 0 Å². The zero-order valence-electron chi connectivity index (χ0n) is 22.8. The molecule has 2 aromatic rings. The Hall–Kier alpha value is -3.67. The summed E-state index contributed by atoms with van der Waals surface area (Å²) in [6, 6.07) is 14.9. The van der Waals surface area contributed by atoms with Gasteiger partial charge < -0.3 is 14.8 Å². The molecule has 6 heteroatoms. The van der Waals surface area contributed by atoms with Gasteiger partial charge in [-0.2, -0.15) is 0 Å². The van der Waals surface area contributed by atoms with Crippen molar-refractivity contribution in [2.45, 2.75) is 66.2 Å². The Morgan fingerprint density at radius 1 is 0.842 bits per heavy atom. The molecule has 0 fully saturated rings. The van der Waals surface area contributed by atoms with Gasteiger partial charge in [-0.25, -0.2) is 0 Å². The highest BCUT2D eigenvalue weighted by molar-refractivity contribution is 6.06. The molecule has 198 valence electrons. The second-order valence-electron chi connectivity index (χ2n) is 12.4. The molecule has 1 aliphatic heterocycles. The van der Waals surface area contributed by atoms with E-state index in [4.69, 9.17) is 9.47 Å². The van der Waals surface area contributed by atoms with Crippen LogP contribution in [0.2, 0.25) is 0 Å². The van der Waals surface area contributed by atoms with Crippen LogP contribution in [-0.4, -0.2) is 24.1 Å². The first-order valence-electron chi connectivity index (χ1n) is 13.2. The quantitative estimate of drug-likeness (QED) is 0.499. The molecule has 0 unspecified atom stereocenters. The molecule has 1 amide bonds. The highest BCUT2D eigenvalue weighted by Crippen LogP contribution is 2.53. The largest absolute Gasteiger partial charge is 0.484 e. The van der Waals surface area contributed by atoms with Gasteiger partial charge in [-0.3, -0.25) is 14.4 Å². The lowest BCUT2D eigenvalue weighted by Crippen LogP contribution is -2.37. The lowest BCUT2D eigenvalue weighted by molar-refractivity contribution is -0.120. The van der Waals surface area contributed by atoms with Gasteiger partial charge >= 0.3 is 0 Å². The molecule has 1 heterocycles. The fourth-order valence-electron chi connectivity index (χ4n) is 5.75. The molecule has 2 aliphatic carbocycles. The van der Waals surface area contributed by atoms with E-state index in [0.29, 0.717) is 59.8 Å². The van der Waals surface area contributed by atoms with Crippen molar-refractivity contribution in [3.8, 4) is 5.75 Å². The summed E-state index contributed by atoms with van der Waals surface area (Å²) in [5.41, 5.74) is 3.53. The predicted octanol–water partition coefficient (Wildman–Crippen LogP) is 6.41. The number of amides is 1. The summed E-state index contributed by atoms with van der Waals surface area (Å²) in [6.07, 6.45) is 2.16. The summed E-state index contributed by atoms with van der Waals surface area (Å²) in [5.74, 6) is 1.33. The molecular formula is C32H35NO5. The van der Waals surface area contributed by atoms with Gasteiger partial charge in [0.15, 0.2) is 18.2 Å². The van der Waals surface area contributed by atoms with Crippen LogP contribution >= 0.6 is 0 Å². The Morgan fingerprint density at radius 2 is 1.37 bits per heavy atom. The first-order chi connectivity index (χ1) is 17.9. The summed E-state index contributed by atoms with van der Waals surface area (Å²) in [4.78, 5) is 39.2. The van der Waals surface area contributed by atoms with Crippen LogP contribution in [0.1, 0.15) is 70.4 Å². The summed E-state index contributed by atoms with van der Waals surface area (Å²) in [6.45, 7) is 10.2. The van der Waals surface area contributed by atoms with Crippen LogP contribution in [0.15, 0.2) is 71.2 Å². The predicted molar refractivity (Wildman–Crippen MR) is 146 cm³/mol. The van der Waals surface area contributed by atoms with Crippen LogP contribution in [-0.2, 0) is 19.1 Å². The van der Waals surface area contributed by atoms with Gasteiger partial charge in [-0.15, -0.1) is 0 Å². The first-order valence-corrected chi connectivity index (χ1v) is 13.2. The highest BCUT2D eigenvalue weighted by Gasteiger charge is 2.47. The molecule has 0 atom stereocenters. The minimum Gasteiger partial charge on any atom is -0.484 e. The van der Waals surface area contributed by atoms with Gasteiger partial charge in [0, 0.05) is 48.4 Å². The Labute approximate surface area is 224 Å². The SMILES string of the molecule is Cc1ccc(NC(=O)COc2ccc(C3C4=C(CC(C)(C)CC4=O)OC4=C3C(=O)CC(C)(C)C4)cc2)cc1. The lowest BCUT2D eigenvalue weighted by Gasteiger charge is -2.42. The molecule has 6 nitrogen and oxygen atoms in total. The summed E-state index contributed by atoms with van der Waals surface area (Å²) >= 11 is 0. The summed E-state index contributed by atoms with van der Waals surface area (Å²) in [7, 11) is 0. The number of hydrogen-bond acceptors (Lipinski definition) is 5. The third-order valence-electron chi connectivity index (χ3n) is 7.50. The van der Waals surface area contributed by atoms with Crippen molar-refractivity contribution in [1.29, 1.82) is 0 Å². The van der Waals surface area contributed by atoms with Crippen molar-refractivity contribution in [2.75, 3.05) is 11.9 Å². The van der Waals surface area contributed by atoms with Crippen LogP contribution in [0.3, 0.4) is 0 Å². The standard InChI is InChI=1S/C32H35NO5/c1-19-6-10-21(11-7-19)33-27(36)18-37-22-12-8-20(9-13-22)28-29-23(34)14-31(2,3)16-25(29)38-26-17-32(4,5)15-24(35)30(26)28/h6-13,28H,14-18H2,1-5H3,(H,33,36). The third kappa shape index (κ3) is 5.31. The minimum absolute atomic E-state index is 0.0403. The molecule has 0 spiro atoms. The number of aryl methyl sites for hydroxylation is 1. The van der Waals surface area contributed by atoms with E-state index in [1.54, 1.807) is 12.1 Å². The molecule has 2 aromatic carbocycles. The smallest absolute Gasteiger partial charge is 0.262 e. The summed E-state index contributed by atoms with van der Waals surface area (Å²) in [5, 5.41) is 2.82. The number of nitrogens with one attached hydrogen (secondary N) is 1. The average Bonchev–Trinajstić information content (AvgIpc) is 2.81. The number of benzene rings is 2. The summed E-state index contributed by atoms with van der Waals surface area (Å²) < 4.78 is 12.1. The number of carbonyl (C=O) groups is 3. The molecule has 1 N–H and O–H groups in total. The van der Waals surface area contributed by atoms with Gasteiger partial charge in [0.05, 0.1) is 0 Å². The highest BCUT2D eigenvalue weighted by atomic mass is 16.5. The maximum Gasteiger partial charge on any atom is 0.262 e. The van der Waals surface area contributed by atoms with Crippen LogP contribution in [0.25, 0.3) is 0 Å². The normalized spacial score (nSPS) is 20.4. The average molecular weight is 514 g/mol. The Morgan fingerprint density at radius 3 is 1.89 bits per heavy atom. The molecule has 3 aliphatic rings. The fraction of sp³-hybridized carbons (Fsp3) is 0.406. The first kappa shape index (κ1) is 26.0. The van der Waals surface area contributed by atoms with E-state index in [1.807, 2.05) is 43.3 Å². The van der Waals surface area contributed by atoms with Crippen LogP contribution in [0, 0.1) is 17.8 Å². The van der Waals surface area contributed by atoms with Crippen LogP contribution < -0.4 is 10.1 Å². The van der Waals surface area contributed by atoms with E-state index >= 15 is 0 Å². The van der Waals surface area contributed by atoms with E-state index in [2.05, 4.69) is 33.0 Å². The van der Waals surface area contributed by atoms with Gasteiger partial charge in [0.1, 0.15) is 17.3 Å². The molecular weight excluding hydrogens is 478 g/mol. The number of ether oxygens (including phenoxy) is 2. The second-order valence-corrected chi connectivity index (χ2v) is 12.4. The second kappa shape index (κ2) is 9.57. The van der Waals surface area contributed by atoms with Gasteiger partial charge in [0.25, 0.3) is 5.91 Å². The maximum atomic E-state index is 13.4. The third-order valence-corrected chi connectivity index (χ3v) is 7.50. The number of ketones is 2. The molecule has 0 bridgehead atoms. The Balaban J connectivity index is 1.39. The van der Waals surface area contributed by atoms with Crippen molar-refractivity contribution >= 4 is 23.2 Å². The number of hydrogen-bond donors (Lipinski definition) is 1. The molecule has 5 rings (SSSR count). The zero-order chi connectivity index (χ0) is 27.2. The van der Waals surface area contributed by atoms with Crippen molar-refractivity contribution in [3.05, 3.63) is 82.3 Å². The molecule has 0 aromatic heterocycles. The number of carbonyl (C=O) groups excluding carboxylic acids is 3. The number of Topliss-reactive ketones (excluding diaryl/α,β-unsaturated/α-hetero) is 2.